The number of benzene rings is 1. The monoisotopic (exact) mass is 359 g/mol. The van der Waals surface area contributed by atoms with Gasteiger partial charge in [-0.05, 0) is 37.3 Å². The van der Waals surface area contributed by atoms with Crippen molar-refractivity contribution in [3.63, 3.8) is 0 Å². The molecule has 24 heavy (non-hydrogen) atoms. The highest BCUT2D eigenvalue weighted by molar-refractivity contribution is 7.99. The van der Waals surface area contributed by atoms with Gasteiger partial charge in [0.15, 0.2) is 0 Å². The number of pyridine rings is 1. The molecule has 0 unspecified atom stereocenters. The molecule has 0 saturated carbocycles. The summed E-state index contributed by atoms with van der Waals surface area (Å²) in [5, 5.41) is 1.01. The number of aromatic nitrogens is 1. The van der Waals surface area contributed by atoms with Crippen LogP contribution >= 0.6 is 11.8 Å². The molecule has 1 aromatic carbocycles. The van der Waals surface area contributed by atoms with Crippen LogP contribution < -0.4 is 4.74 Å². The highest BCUT2D eigenvalue weighted by Gasteiger charge is 2.31. The molecule has 0 fully saturated rings. The van der Waals surface area contributed by atoms with Crippen LogP contribution in [0.5, 0.6) is 5.75 Å². The predicted molar refractivity (Wildman–Crippen MR) is 85.5 cm³/mol. The number of halogens is 3. The van der Waals surface area contributed by atoms with Gasteiger partial charge in [0.2, 0.25) is 0 Å². The highest BCUT2D eigenvalue weighted by atomic mass is 32.2. The highest BCUT2D eigenvalue weighted by Crippen LogP contribution is 2.32. The molecule has 0 spiro atoms. The second-order valence-corrected chi connectivity index (χ2v) is 6.05. The predicted octanol–water partition coefficient (Wildman–Crippen LogP) is 4.73. The minimum Gasteiger partial charge on any atom is -0.462 e. The lowest BCUT2D eigenvalue weighted by Crippen LogP contribution is -2.17. The van der Waals surface area contributed by atoms with Crippen LogP contribution in [0.2, 0.25) is 0 Å². The molecular weight excluding hydrogens is 343 g/mol. The first-order chi connectivity index (χ1) is 11.3. The molecule has 0 aliphatic carbocycles. The quantitative estimate of drug-likeness (QED) is 0.570. The van der Waals surface area contributed by atoms with Gasteiger partial charge in [0, 0.05) is 11.5 Å². The van der Waals surface area contributed by atoms with Crippen molar-refractivity contribution in [2.75, 3.05) is 12.4 Å². The van der Waals surface area contributed by atoms with E-state index in [0.29, 0.717) is 32.8 Å². The molecule has 0 aliphatic rings. The Balaban J connectivity index is 2.60. The molecule has 130 valence electrons. The van der Waals surface area contributed by atoms with E-state index in [9.17, 15) is 18.0 Å². The molecule has 0 bridgehead atoms. The van der Waals surface area contributed by atoms with Crippen molar-refractivity contribution in [2.24, 2.45) is 0 Å². The smallest absolute Gasteiger partial charge is 0.462 e. The summed E-state index contributed by atoms with van der Waals surface area (Å²) in [4.78, 5) is 16.5. The van der Waals surface area contributed by atoms with Crippen molar-refractivity contribution in [2.45, 2.75) is 32.2 Å². The van der Waals surface area contributed by atoms with Crippen molar-refractivity contribution >= 4 is 28.6 Å². The molecule has 1 heterocycles. The summed E-state index contributed by atoms with van der Waals surface area (Å²) in [6, 6.07) is 3.87. The lowest BCUT2D eigenvalue weighted by atomic mass is 10.0. The van der Waals surface area contributed by atoms with E-state index in [0.717, 1.165) is 0 Å². The lowest BCUT2D eigenvalue weighted by molar-refractivity contribution is -0.274. The molecule has 2 rings (SSSR count). The number of carbonyl (C=O) groups excluding carboxylic acids is 1. The Labute approximate surface area is 141 Å². The minimum absolute atomic E-state index is 0.227. The van der Waals surface area contributed by atoms with E-state index in [1.165, 1.54) is 30.0 Å². The Morgan fingerprint density at radius 2 is 2.00 bits per heavy atom. The minimum atomic E-state index is -4.77. The van der Waals surface area contributed by atoms with Gasteiger partial charge in [-0.25, -0.2) is 9.78 Å². The summed E-state index contributed by atoms with van der Waals surface area (Å²) in [5.41, 5.74) is 1.30. The van der Waals surface area contributed by atoms with E-state index in [1.807, 2.05) is 6.92 Å². The summed E-state index contributed by atoms with van der Waals surface area (Å²) in [7, 11) is 0. The van der Waals surface area contributed by atoms with E-state index in [1.54, 1.807) is 13.8 Å². The van der Waals surface area contributed by atoms with Gasteiger partial charge in [0.1, 0.15) is 10.8 Å². The Bertz CT molecular complexity index is 762. The number of nitrogens with zero attached hydrogens (tertiary/aromatic N) is 1. The maximum absolute atomic E-state index is 12.4. The fourth-order valence-corrected chi connectivity index (χ4v) is 3.08. The Hall–Kier alpha value is -1.96. The van der Waals surface area contributed by atoms with Crippen LogP contribution in [0.25, 0.3) is 10.9 Å². The number of carbonyl (C=O) groups is 1. The Morgan fingerprint density at radius 3 is 2.58 bits per heavy atom. The Kier molecular flexibility index (Phi) is 5.58. The van der Waals surface area contributed by atoms with Crippen LogP contribution in [0.3, 0.4) is 0 Å². The zero-order valence-electron chi connectivity index (χ0n) is 13.4. The van der Waals surface area contributed by atoms with E-state index in [-0.39, 0.29) is 12.4 Å². The fourth-order valence-electron chi connectivity index (χ4n) is 2.26. The number of esters is 1. The van der Waals surface area contributed by atoms with Crippen molar-refractivity contribution < 1.29 is 27.4 Å². The third kappa shape index (κ3) is 4.11. The summed E-state index contributed by atoms with van der Waals surface area (Å²) in [6.45, 7) is 5.55. The summed E-state index contributed by atoms with van der Waals surface area (Å²) < 4.78 is 46.1. The largest absolute Gasteiger partial charge is 0.573 e. The second kappa shape index (κ2) is 7.29. The second-order valence-electron chi connectivity index (χ2n) is 4.80. The number of ether oxygens (including phenoxy) is 2. The average molecular weight is 359 g/mol. The number of alkyl halides is 3. The standard InChI is InChI=1S/C16H16F3NO3S/c1-4-22-15(21)13-9(3)11-7-6-10(23-16(17,18)19)8-12(11)20-14(13)24-5-2/h6-8H,4-5H2,1-3H3. The van der Waals surface area contributed by atoms with Gasteiger partial charge >= 0.3 is 12.3 Å². The van der Waals surface area contributed by atoms with Gasteiger partial charge in [-0.15, -0.1) is 24.9 Å². The molecule has 2 aromatic rings. The SMILES string of the molecule is CCOC(=O)c1c(SCC)nc2cc(OC(F)(F)F)ccc2c1C. The van der Waals surface area contributed by atoms with E-state index in [2.05, 4.69) is 9.72 Å². The van der Waals surface area contributed by atoms with E-state index < -0.39 is 12.3 Å². The summed E-state index contributed by atoms with van der Waals surface area (Å²) in [5.74, 6) is -0.183. The lowest BCUT2D eigenvalue weighted by Gasteiger charge is -2.14. The van der Waals surface area contributed by atoms with Gasteiger partial charge in [-0.2, -0.15) is 0 Å². The third-order valence-corrected chi connectivity index (χ3v) is 4.04. The summed E-state index contributed by atoms with van der Waals surface area (Å²) >= 11 is 1.33. The molecule has 0 radical (unpaired) electrons. The first-order valence-electron chi connectivity index (χ1n) is 7.26. The number of fused-ring (bicyclic) bond motifs is 1. The summed E-state index contributed by atoms with van der Waals surface area (Å²) in [6.07, 6.45) is -4.77. The van der Waals surface area contributed by atoms with Crippen molar-refractivity contribution in [1.82, 2.24) is 4.98 Å². The Morgan fingerprint density at radius 1 is 1.29 bits per heavy atom. The van der Waals surface area contributed by atoms with Gasteiger partial charge in [-0.3, -0.25) is 0 Å². The zero-order chi connectivity index (χ0) is 17.9. The molecule has 0 aliphatic heterocycles. The van der Waals surface area contributed by atoms with Gasteiger partial charge < -0.3 is 9.47 Å². The number of rotatable bonds is 5. The van der Waals surface area contributed by atoms with Crippen LogP contribution in [-0.2, 0) is 4.74 Å². The molecule has 4 nitrogen and oxygen atoms in total. The van der Waals surface area contributed by atoms with Crippen molar-refractivity contribution in [1.29, 1.82) is 0 Å². The van der Waals surface area contributed by atoms with Crippen LogP contribution in [0.4, 0.5) is 13.2 Å². The van der Waals surface area contributed by atoms with Gasteiger partial charge in [0.05, 0.1) is 17.7 Å². The molecule has 1 aromatic heterocycles. The van der Waals surface area contributed by atoms with Crippen LogP contribution in [-0.4, -0.2) is 29.7 Å². The van der Waals surface area contributed by atoms with Gasteiger partial charge in [-0.1, -0.05) is 6.92 Å². The molecule has 8 heteroatoms. The molecule has 0 atom stereocenters. The molecule has 0 N–H and O–H groups in total. The molecular formula is C16H16F3NO3S. The van der Waals surface area contributed by atoms with E-state index >= 15 is 0 Å². The first-order valence-corrected chi connectivity index (χ1v) is 8.25. The number of hydrogen-bond acceptors (Lipinski definition) is 5. The van der Waals surface area contributed by atoms with E-state index in [4.69, 9.17) is 4.74 Å². The van der Waals surface area contributed by atoms with Crippen LogP contribution in [0.15, 0.2) is 23.2 Å². The average Bonchev–Trinajstić information content (AvgIpc) is 2.46. The fraction of sp³-hybridized carbons (Fsp3) is 0.375. The van der Waals surface area contributed by atoms with Gasteiger partial charge in [0.25, 0.3) is 0 Å². The van der Waals surface area contributed by atoms with Crippen LogP contribution in [0.1, 0.15) is 29.8 Å². The first kappa shape index (κ1) is 18.4. The molecule has 0 amide bonds. The number of hydrogen-bond donors (Lipinski definition) is 0. The number of thioether (sulfide) groups is 1. The van der Waals surface area contributed by atoms with Crippen molar-refractivity contribution in [3.8, 4) is 5.75 Å². The normalized spacial score (nSPS) is 11.6. The third-order valence-electron chi connectivity index (χ3n) is 3.18. The van der Waals surface area contributed by atoms with Crippen LogP contribution in [0, 0.1) is 6.92 Å². The maximum atomic E-state index is 12.4. The number of aryl methyl sites for hydroxylation is 1. The topological polar surface area (TPSA) is 48.4 Å². The molecule has 0 saturated heterocycles. The zero-order valence-corrected chi connectivity index (χ0v) is 14.2. The van der Waals surface area contributed by atoms with Crippen molar-refractivity contribution in [3.05, 3.63) is 29.3 Å². The maximum Gasteiger partial charge on any atom is 0.573 e.